The number of nitrogens with zero attached hydrogens (tertiary/aromatic N) is 1. The summed E-state index contributed by atoms with van der Waals surface area (Å²) in [7, 11) is 0. The summed E-state index contributed by atoms with van der Waals surface area (Å²) in [6.07, 6.45) is 2.15. The molecule has 1 atom stereocenters. The van der Waals surface area contributed by atoms with E-state index in [0.29, 0.717) is 44.1 Å². The first kappa shape index (κ1) is 23.1. The van der Waals surface area contributed by atoms with Crippen LogP contribution in [0.1, 0.15) is 34.3 Å². The maximum atomic E-state index is 13.5. The number of carbonyl (C=O) groups excluding carboxylic acids is 2. The topological polar surface area (TPSA) is 88.1 Å². The molecule has 166 valence electrons. The molecule has 31 heavy (non-hydrogen) atoms. The predicted octanol–water partition coefficient (Wildman–Crippen LogP) is 2.68. The van der Waals surface area contributed by atoms with Crippen molar-refractivity contribution >= 4 is 25.3 Å². The number of hydrogen-bond acceptors (Lipinski definition) is 5. The largest absolute Gasteiger partial charge is 0.491 e. The number of nitrogens with one attached hydrogen (secondary N) is 1. The summed E-state index contributed by atoms with van der Waals surface area (Å²) in [5, 5.41) is 8.91. The van der Waals surface area contributed by atoms with Crippen molar-refractivity contribution in [2.75, 3.05) is 19.8 Å². The molecule has 2 amide bonds. The van der Waals surface area contributed by atoms with Crippen LogP contribution in [0.2, 0.25) is 0 Å². The molecule has 2 aromatic carbocycles. The molecule has 4 rings (SSSR count). The molecule has 0 aliphatic carbocycles. The van der Waals surface area contributed by atoms with Crippen LogP contribution in [0, 0.1) is 5.92 Å². The van der Waals surface area contributed by atoms with E-state index < -0.39 is 5.91 Å². The normalized spacial score (nSPS) is 18.7. The number of carbonyl (C=O) groups is 2. The second-order valence-corrected chi connectivity index (χ2v) is 7.77. The van der Waals surface area contributed by atoms with E-state index >= 15 is 0 Å². The first-order chi connectivity index (χ1) is 14.7. The molecule has 0 spiro atoms. The zero-order chi connectivity index (χ0) is 20.9. The van der Waals surface area contributed by atoms with Crippen molar-refractivity contribution in [3.63, 3.8) is 0 Å². The molecule has 2 N–H and O–H groups in total. The molecular weight excluding hydrogens is 416 g/mol. The molecule has 0 bridgehead atoms. The average molecular weight is 445 g/mol. The van der Waals surface area contributed by atoms with Gasteiger partial charge in [-0.1, -0.05) is 36.4 Å². The molecule has 0 saturated carbocycles. The van der Waals surface area contributed by atoms with Gasteiger partial charge in [0.15, 0.2) is 0 Å². The lowest BCUT2D eigenvalue weighted by molar-refractivity contribution is -0.142. The number of rotatable bonds is 4. The Morgan fingerprint density at radius 1 is 1.10 bits per heavy atom. The minimum absolute atomic E-state index is 0. The molecule has 8 heteroatoms. The van der Waals surface area contributed by atoms with Crippen LogP contribution >= 0.6 is 13.5 Å². The molecule has 1 fully saturated rings. The van der Waals surface area contributed by atoms with Gasteiger partial charge in [0, 0.05) is 36.8 Å². The standard InChI is InChI=1S/C23H26N2O5.H2S/c26-22(24-28)18-6-7-19-14-25(23(27)17-8-10-29-11-9-17)20(15-30-21(19)13-18)12-16-4-2-1-3-5-16;/h1-7,13,17,20,28H,8-12,14-15H2,(H,24,26);1H2/t20-;/m0./s1. The number of hydrogen-bond donors (Lipinski definition) is 2. The van der Waals surface area contributed by atoms with Crippen LogP contribution in [-0.4, -0.2) is 47.8 Å². The fourth-order valence-corrected chi connectivity index (χ4v) is 4.11. The molecule has 0 unspecified atom stereocenters. The van der Waals surface area contributed by atoms with Gasteiger partial charge in [0.05, 0.1) is 6.04 Å². The third-order valence-electron chi connectivity index (χ3n) is 5.81. The minimum atomic E-state index is -0.596. The summed E-state index contributed by atoms with van der Waals surface area (Å²) >= 11 is 0. The van der Waals surface area contributed by atoms with Gasteiger partial charge in [-0.05, 0) is 37.0 Å². The SMILES string of the molecule is O=C(NO)c1ccc2c(c1)OC[C@H](Cc1ccccc1)N(C(=O)C1CCOCC1)C2.S. The van der Waals surface area contributed by atoms with Crippen molar-refractivity contribution in [1.82, 2.24) is 10.4 Å². The van der Waals surface area contributed by atoms with Crippen molar-refractivity contribution in [2.45, 2.75) is 31.8 Å². The van der Waals surface area contributed by atoms with Gasteiger partial charge in [-0.25, -0.2) is 5.48 Å². The van der Waals surface area contributed by atoms with E-state index in [4.69, 9.17) is 14.7 Å². The maximum absolute atomic E-state index is 13.5. The lowest BCUT2D eigenvalue weighted by Crippen LogP contribution is -2.46. The van der Waals surface area contributed by atoms with Crippen LogP contribution in [0.4, 0.5) is 0 Å². The molecule has 2 aromatic rings. The van der Waals surface area contributed by atoms with E-state index in [-0.39, 0.29) is 31.4 Å². The highest BCUT2D eigenvalue weighted by Crippen LogP contribution is 2.30. The Kier molecular flexibility index (Phi) is 7.95. The molecule has 0 radical (unpaired) electrons. The van der Waals surface area contributed by atoms with Gasteiger partial charge in [0.2, 0.25) is 5.91 Å². The van der Waals surface area contributed by atoms with Crippen molar-refractivity contribution in [3.05, 3.63) is 65.2 Å². The van der Waals surface area contributed by atoms with Gasteiger partial charge >= 0.3 is 0 Å². The van der Waals surface area contributed by atoms with E-state index in [0.717, 1.165) is 24.0 Å². The molecule has 1 saturated heterocycles. The summed E-state index contributed by atoms with van der Waals surface area (Å²) in [6, 6.07) is 15.0. The average Bonchev–Trinajstić information content (AvgIpc) is 2.98. The summed E-state index contributed by atoms with van der Waals surface area (Å²) < 4.78 is 11.5. The van der Waals surface area contributed by atoms with Crippen LogP contribution in [0.3, 0.4) is 0 Å². The van der Waals surface area contributed by atoms with Crippen LogP contribution < -0.4 is 10.2 Å². The highest BCUT2D eigenvalue weighted by atomic mass is 32.1. The van der Waals surface area contributed by atoms with Gasteiger partial charge in [-0.3, -0.25) is 14.8 Å². The Labute approximate surface area is 188 Å². The second kappa shape index (κ2) is 10.7. The van der Waals surface area contributed by atoms with E-state index in [1.165, 1.54) is 0 Å². The highest BCUT2D eigenvalue weighted by molar-refractivity contribution is 7.59. The summed E-state index contributed by atoms with van der Waals surface area (Å²) in [4.78, 5) is 27.2. The lowest BCUT2D eigenvalue weighted by atomic mass is 9.96. The molecule has 2 aliphatic heterocycles. The Hall–Kier alpha value is -2.55. The molecule has 2 heterocycles. The van der Waals surface area contributed by atoms with Crippen molar-refractivity contribution in [1.29, 1.82) is 0 Å². The quantitative estimate of drug-likeness (QED) is 0.559. The Morgan fingerprint density at radius 2 is 1.84 bits per heavy atom. The molecule has 7 nitrogen and oxygen atoms in total. The van der Waals surface area contributed by atoms with Gasteiger partial charge in [-0.2, -0.15) is 13.5 Å². The number of amides is 2. The maximum Gasteiger partial charge on any atom is 0.274 e. The zero-order valence-corrected chi connectivity index (χ0v) is 18.3. The first-order valence-corrected chi connectivity index (χ1v) is 10.3. The number of benzene rings is 2. The monoisotopic (exact) mass is 444 g/mol. The van der Waals surface area contributed by atoms with Crippen LogP contribution in [0.25, 0.3) is 0 Å². The highest BCUT2D eigenvalue weighted by Gasteiger charge is 2.34. The molecule has 2 aliphatic rings. The van der Waals surface area contributed by atoms with E-state index in [1.807, 2.05) is 23.1 Å². The van der Waals surface area contributed by atoms with Gasteiger partial charge < -0.3 is 14.4 Å². The van der Waals surface area contributed by atoms with Gasteiger partial charge in [-0.15, -0.1) is 0 Å². The number of ether oxygens (including phenoxy) is 2. The third kappa shape index (κ3) is 5.39. The summed E-state index contributed by atoms with van der Waals surface area (Å²) in [5.41, 5.74) is 3.94. The van der Waals surface area contributed by atoms with Crippen molar-refractivity contribution in [2.24, 2.45) is 5.92 Å². The predicted molar refractivity (Wildman–Crippen MR) is 120 cm³/mol. The van der Waals surface area contributed by atoms with Gasteiger partial charge in [0.1, 0.15) is 12.4 Å². The first-order valence-electron chi connectivity index (χ1n) is 10.3. The van der Waals surface area contributed by atoms with E-state index in [2.05, 4.69) is 12.1 Å². The fraction of sp³-hybridized carbons (Fsp3) is 0.391. The van der Waals surface area contributed by atoms with Gasteiger partial charge in [0.25, 0.3) is 5.91 Å². The van der Waals surface area contributed by atoms with E-state index in [1.54, 1.807) is 23.7 Å². The van der Waals surface area contributed by atoms with Crippen LogP contribution in [0.5, 0.6) is 5.75 Å². The number of hydroxylamine groups is 1. The van der Waals surface area contributed by atoms with Crippen LogP contribution in [0.15, 0.2) is 48.5 Å². The molecule has 0 aromatic heterocycles. The van der Waals surface area contributed by atoms with Crippen molar-refractivity contribution in [3.8, 4) is 5.75 Å². The fourth-order valence-electron chi connectivity index (χ4n) is 4.11. The Bertz CT molecular complexity index is 902. The van der Waals surface area contributed by atoms with Crippen molar-refractivity contribution < 1.29 is 24.3 Å². The molecular formula is C23H28N2O5S. The Balaban J connectivity index is 0.00000272. The summed E-state index contributed by atoms with van der Waals surface area (Å²) in [6.45, 7) is 1.98. The smallest absolute Gasteiger partial charge is 0.274 e. The van der Waals surface area contributed by atoms with E-state index in [9.17, 15) is 9.59 Å². The lowest BCUT2D eigenvalue weighted by Gasteiger charge is -2.34. The Morgan fingerprint density at radius 3 is 2.55 bits per heavy atom. The summed E-state index contributed by atoms with van der Waals surface area (Å²) in [5.74, 6) is 0.0592. The minimum Gasteiger partial charge on any atom is -0.491 e. The second-order valence-electron chi connectivity index (χ2n) is 7.77. The third-order valence-corrected chi connectivity index (χ3v) is 5.81. The zero-order valence-electron chi connectivity index (χ0n) is 17.3. The number of fused-ring (bicyclic) bond motifs is 1. The van der Waals surface area contributed by atoms with Crippen LogP contribution in [-0.2, 0) is 22.5 Å².